The Hall–Kier alpha value is -3.20. The lowest BCUT2D eigenvalue weighted by Gasteiger charge is -2.04. The third-order valence-corrected chi connectivity index (χ3v) is 4.36. The highest BCUT2D eigenvalue weighted by Crippen LogP contribution is 2.29. The van der Waals surface area contributed by atoms with E-state index in [-0.39, 0.29) is 0 Å². The molecule has 0 amide bonds. The monoisotopic (exact) mass is 326 g/mol. The average Bonchev–Trinajstić information content (AvgIpc) is 3.12. The van der Waals surface area contributed by atoms with Crippen LogP contribution in [0.2, 0.25) is 0 Å². The Kier molecular flexibility index (Phi) is 3.90. The molecule has 122 valence electrons. The maximum Gasteiger partial charge on any atom is 0.248 e. The first-order chi connectivity index (χ1) is 12.2. The van der Waals surface area contributed by atoms with Crippen LogP contribution in [0, 0.1) is 13.8 Å². The Morgan fingerprint density at radius 3 is 1.80 bits per heavy atom. The molecule has 0 bridgehead atoms. The number of aryl methyl sites for hydroxylation is 2. The van der Waals surface area contributed by atoms with Crippen LogP contribution in [0.15, 0.2) is 77.2 Å². The minimum absolute atomic E-state index is 0.539. The van der Waals surface area contributed by atoms with E-state index in [0.29, 0.717) is 11.8 Å². The van der Waals surface area contributed by atoms with Crippen molar-refractivity contribution in [1.29, 1.82) is 0 Å². The Labute approximate surface area is 147 Å². The summed E-state index contributed by atoms with van der Waals surface area (Å²) in [5.74, 6) is 1.11. The molecule has 1 heterocycles. The molecule has 3 nitrogen and oxygen atoms in total. The molecule has 0 spiro atoms. The van der Waals surface area contributed by atoms with Gasteiger partial charge in [0.25, 0.3) is 0 Å². The molecular weight excluding hydrogens is 308 g/mol. The van der Waals surface area contributed by atoms with Gasteiger partial charge in [0, 0.05) is 11.1 Å². The van der Waals surface area contributed by atoms with Crippen LogP contribution in [0.3, 0.4) is 0 Å². The molecule has 0 atom stereocenters. The Balaban J connectivity index is 1.67. The van der Waals surface area contributed by atoms with Crippen molar-refractivity contribution in [2.75, 3.05) is 0 Å². The second-order valence-corrected chi connectivity index (χ2v) is 6.12. The van der Waals surface area contributed by atoms with Crippen molar-refractivity contribution in [3.63, 3.8) is 0 Å². The summed E-state index contributed by atoms with van der Waals surface area (Å²) in [4.78, 5) is 0. The molecule has 3 heteroatoms. The molecule has 4 rings (SSSR count). The van der Waals surface area contributed by atoms with E-state index in [2.05, 4.69) is 60.4 Å². The summed E-state index contributed by atoms with van der Waals surface area (Å²) in [6.07, 6.45) is 0. The molecule has 0 aliphatic carbocycles. The second-order valence-electron chi connectivity index (χ2n) is 6.12. The SMILES string of the molecule is Cc1cccc(C)c1-c1nnc(-c2ccc(-c3ccccc3)cc2)o1. The van der Waals surface area contributed by atoms with Crippen LogP contribution in [0.25, 0.3) is 34.0 Å². The molecule has 4 aromatic rings. The highest BCUT2D eigenvalue weighted by atomic mass is 16.4. The standard InChI is InChI=1S/C22H18N2O/c1-15-7-6-8-16(2)20(15)22-24-23-21(25-22)19-13-11-18(12-14-19)17-9-4-3-5-10-17/h3-14H,1-2H3. The summed E-state index contributed by atoms with van der Waals surface area (Å²) in [5, 5.41) is 8.48. The minimum atomic E-state index is 0.539. The number of aromatic nitrogens is 2. The van der Waals surface area contributed by atoms with E-state index in [1.807, 2.05) is 36.4 Å². The fourth-order valence-corrected chi connectivity index (χ4v) is 3.03. The fraction of sp³-hybridized carbons (Fsp3) is 0.0909. The normalized spacial score (nSPS) is 10.8. The van der Waals surface area contributed by atoms with Gasteiger partial charge in [-0.05, 0) is 48.2 Å². The van der Waals surface area contributed by atoms with Crippen LogP contribution in [0.5, 0.6) is 0 Å². The van der Waals surface area contributed by atoms with Gasteiger partial charge in [0.1, 0.15) is 0 Å². The van der Waals surface area contributed by atoms with Crippen LogP contribution in [-0.4, -0.2) is 10.2 Å². The topological polar surface area (TPSA) is 38.9 Å². The Morgan fingerprint density at radius 1 is 0.560 bits per heavy atom. The zero-order valence-corrected chi connectivity index (χ0v) is 14.2. The van der Waals surface area contributed by atoms with Gasteiger partial charge in [-0.15, -0.1) is 10.2 Å². The van der Waals surface area contributed by atoms with Crippen molar-refractivity contribution in [2.24, 2.45) is 0 Å². The molecule has 3 aromatic carbocycles. The zero-order chi connectivity index (χ0) is 17.2. The van der Waals surface area contributed by atoms with Crippen LogP contribution < -0.4 is 0 Å². The van der Waals surface area contributed by atoms with E-state index in [9.17, 15) is 0 Å². The zero-order valence-electron chi connectivity index (χ0n) is 14.2. The van der Waals surface area contributed by atoms with Gasteiger partial charge < -0.3 is 4.42 Å². The molecule has 0 aliphatic rings. The van der Waals surface area contributed by atoms with Crippen molar-refractivity contribution < 1.29 is 4.42 Å². The molecule has 0 saturated carbocycles. The molecule has 0 aliphatic heterocycles. The van der Waals surface area contributed by atoms with Crippen LogP contribution in [0.4, 0.5) is 0 Å². The van der Waals surface area contributed by atoms with Gasteiger partial charge in [0.15, 0.2) is 0 Å². The molecular formula is C22H18N2O. The number of hydrogen-bond donors (Lipinski definition) is 0. The van der Waals surface area contributed by atoms with Crippen molar-refractivity contribution in [3.05, 3.63) is 83.9 Å². The molecule has 0 N–H and O–H groups in total. The van der Waals surface area contributed by atoms with Gasteiger partial charge in [-0.25, -0.2) is 0 Å². The summed E-state index contributed by atoms with van der Waals surface area (Å²) in [6, 6.07) is 24.6. The maximum absolute atomic E-state index is 5.94. The average molecular weight is 326 g/mol. The number of hydrogen-bond acceptors (Lipinski definition) is 3. The summed E-state index contributed by atoms with van der Waals surface area (Å²) < 4.78 is 5.94. The van der Waals surface area contributed by atoms with Gasteiger partial charge in [0.2, 0.25) is 11.8 Å². The predicted molar refractivity (Wildman–Crippen MR) is 100 cm³/mol. The molecule has 25 heavy (non-hydrogen) atoms. The fourth-order valence-electron chi connectivity index (χ4n) is 3.03. The van der Waals surface area contributed by atoms with E-state index in [1.54, 1.807) is 0 Å². The van der Waals surface area contributed by atoms with Crippen LogP contribution in [0.1, 0.15) is 11.1 Å². The second kappa shape index (κ2) is 6.36. The highest BCUT2D eigenvalue weighted by molar-refractivity contribution is 5.68. The van der Waals surface area contributed by atoms with Crippen LogP contribution >= 0.6 is 0 Å². The van der Waals surface area contributed by atoms with E-state index in [4.69, 9.17) is 4.42 Å². The van der Waals surface area contributed by atoms with Crippen molar-refractivity contribution in [2.45, 2.75) is 13.8 Å². The van der Waals surface area contributed by atoms with Crippen molar-refractivity contribution >= 4 is 0 Å². The number of rotatable bonds is 3. The molecule has 0 radical (unpaired) electrons. The largest absolute Gasteiger partial charge is 0.416 e. The number of benzene rings is 3. The third kappa shape index (κ3) is 2.96. The van der Waals surface area contributed by atoms with Gasteiger partial charge in [0.05, 0.1) is 0 Å². The first kappa shape index (κ1) is 15.3. The molecule has 1 aromatic heterocycles. The molecule has 0 saturated heterocycles. The Bertz CT molecular complexity index is 982. The van der Waals surface area contributed by atoms with Crippen LogP contribution in [-0.2, 0) is 0 Å². The predicted octanol–water partition coefficient (Wildman–Crippen LogP) is 5.69. The summed E-state index contributed by atoms with van der Waals surface area (Å²) in [7, 11) is 0. The summed E-state index contributed by atoms with van der Waals surface area (Å²) in [6.45, 7) is 4.11. The van der Waals surface area contributed by atoms with Gasteiger partial charge in [-0.1, -0.05) is 60.7 Å². The Morgan fingerprint density at radius 2 is 1.12 bits per heavy atom. The van der Waals surface area contributed by atoms with Gasteiger partial charge >= 0.3 is 0 Å². The summed E-state index contributed by atoms with van der Waals surface area (Å²) >= 11 is 0. The maximum atomic E-state index is 5.94. The van der Waals surface area contributed by atoms with E-state index in [0.717, 1.165) is 22.3 Å². The lowest BCUT2D eigenvalue weighted by molar-refractivity contribution is 0.583. The first-order valence-corrected chi connectivity index (χ1v) is 8.28. The quantitative estimate of drug-likeness (QED) is 0.485. The lowest BCUT2D eigenvalue weighted by Crippen LogP contribution is -1.87. The van der Waals surface area contributed by atoms with Gasteiger partial charge in [-0.2, -0.15) is 0 Å². The van der Waals surface area contributed by atoms with Crippen molar-refractivity contribution in [3.8, 4) is 34.0 Å². The lowest BCUT2D eigenvalue weighted by atomic mass is 10.0. The smallest absolute Gasteiger partial charge is 0.248 e. The van der Waals surface area contributed by atoms with E-state index >= 15 is 0 Å². The first-order valence-electron chi connectivity index (χ1n) is 8.28. The summed E-state index contributed by atoms with van der Waals surface area (Å²) in [5.41, 5.74) is 6.56. The minimum Gasteiger partial charge on any atom is -0.416 e. The van der Waals surface area contributed by atoms with Gasteiger partial charge in [-0.3, -0.25) is 0 Å². The van der Waals surface area contributed by atoms with Crippen molar-refractivity contribution in [1.82, 2.24) is 10.2 Å². The highest BCUT2D eigenvalue weighted by Gasteiger charge is 2.14. The number of nitrogens with zero attached hydrogens (tertiary/aromatic N) is 2. The van der Waals surface area contributed by atoms with E-state index < -0.39 is 0 Å². The molecule has 0 fully saturated rings. The van der Waals surface area contributed by atoms with E-state index in [1.165, 1.54) is 11.1 Å². The third-order valence-electron chi connectivity index (χ3n) is 4.36. The molecule has 0 unspecified atom stereocenters.